The number of sulfonamides is 1. The number of hydrogen-bond acceptors (Lipinski definition) is 4. The van der Waals surface area contributed by atoms with E-state index in [4.69, 9.17) is 16.4 Å². The molecule has 0 spiro atoms. The molecule has 0 unspecified atom stereocenters. The van der Waals surface area contributed by atoms with Crippen molar-refractivity contribution in [1.82, 2.24) is 5.48 Å². The van der Waals surface area contributed by atoms with Crippen LogP contribution >= 0.6 is 11.6 Å². The molecule has 3 aromatic rings. The van der Waals surface area contributed by atoms with Gasteiger partial charge in [-0.15, -0.1) is 0 Å². The average Bonchev–Trinajstić information content (AvgIpc) is 2.69. The third kappa shape index (κ3) is 5.10. The minimum absolute atomic E-state index is 0.0347. The molecule has 0 radical (unpaired) electrons. The first kappa shape index (κ1) is 19.9. The molecule has 0 bridgehead atoms. The zero-order chi connectivity index (χ0) is 20.0. The molecule has 3 rings (SSSR count). The SMILES string of the molecule is O=C(NOCc1ccccc1)c1ccccc1NS(=O)(=O)c1ccc(Cl)cc1. The quantitative estimate of drug-likeness (QED) is 0.570. The van der Waals surface area contributed by atoms with Crippen molar-refractivity contribution in [2.24, 2.45) is 0 Å². The topological polar surface area (TPSA) is 84.5 Å². The predicted molar refractivity (Wildman–Crippen MR) is 107 cm³/mol. The molecule has 0 aliphatic carbocycles. The van der Waals surface area contributed by atoms with E-state index in [0.717, 1.165) is 5.56 Å². The summed E-state index contributed by atoms with van der Waals surface area (Å²) in [4.78, 5) is 17.7. The van der Waals surface area contributed by atoms with Gasteiger partial charge in [-0.2, -0.15) is 0 Å². The van der Waals surface area contributed by atoms with Crippen LogP contribution in [-0.2, 0) is 21.5 Å². The Kier molecular flexibility index (Phi) is 6.30. The third-order valence-corrected chi connectivity index (χ3v) is 5.42. The van der Waals surface area contributed by atoms with E-state index in [2.05, 4.69) is 10.2 Å². The minimum Gasteiger partial charge on any atom is -0.279 e. The molecule has 144 valence electrons. The van der Waals surface area contributed by atoms with Crippen molar-refractivity contribution >= 4 is 33.2 Å². The summed E-state index contributed by atoms with van der Waals surface area (Å²) in [6.45, 7) is 0.186. The van der Waals surface area contributed by atoms with E-state index in [-0.39, 0.29) is 22.8 Å². The van der Waals surface area contributed by atoms with E-state index in [1.807, 2.05) is 30.3 Å². The Morgan fingerprint density at radius 1 is 0.893 bits per heavy atom. The largest absolute Gasteiger partial charge is 0.279 e. The Balaban J connectivity index is 1.71. The van der Waals surface area contributed by atoms with E-state index in [0.29, 0.717) is 5.02 Å². The van der Waals surface area contributed by atoms with Crippen molar-refractivity contribution in [2.75, 3.05) is 4.72 Å². The number of rotatable bonds is 7. The standard InChI is InChI=1S/C20H17ClN2O4S/c21-16-10-12-17(13-11-16)28(25,26)23-19-9-5-4-8-18(19)20(24)22-27-14-15-6-2-1-3-7-15/h1-13,23H,14H2,(H,22,24). The number of carbonyl (C=O) groups is 1. The molecule has 2 N–H and O–H groups in total. The molecule has 0 fully saturated rings. The van der Waals surface area contributed by atoms with Crippen molar-refractivity contribution < 1.29 is 18.0 Å². The van der Waals surface area contributed by atoms with Gasteiger partial charge in [0.2, 0.25) is 0 Å². The normalized spacial score (nSPS) is 11.0. The van der Waals surface area contributed by atoms with Crippen molar-refractivity contribution in [2.45, 2.75) is 11.5 Å². The number of nitrogens with one attached hydrogen (secondary N) is 2. The van der Waals surface area contributed by atoms with Crippen molar-refractivity contribution in [3.8, 4) is 0 Å². The Labute approximate surface area is 168 Å². The fourth-order valence-corrected chi connectivity index (χ4v) is 3.61. The average molecular weight is 417 g/mol. The van der Waals surface area contributed by atoms with Gasteiger partial charge in [-0.25, -0.2) is 13.9 Å². The predicted octanol–water partition coefficient (Wildman–Crippen LogP) is 4.00. The lowest BCUT2D eigenvalue weighted by Gasteiger charge is -2.13. The van der Waals surface area contributed by atoms with Crippen LogP contribution in [-0.4, -0.2) is 14.3 Å². The molecule has 0 aliphatic rings. The number of hydrogen-bond donors (Lipinski definition) is 2. The molecule has 0 aliphatic heterocycles. The third-order valence-electron chi connectivity index (χ3n) is 3.79. The van der Waals surface area contributed by atoms with Crippen LogP contribution in [0, 0.1) is 0 Å². The van der Waals surface area contributed by atoms with Crippen LogP contribution in [0.5, 0.6) is 0 Å². The van der Waals surface area contributed by atoms with Gasteiger partial charge in [-0.1, -0.05) is 54.1 Å². The summed E-state index contributed by atoms with van der Waals surface area (Å²) >= 11 is 5.80. The summed E-state index contributed by atoms with van der Waals surface area (Å²) in [6, 6.07) is 21.3. The lowest BCUT2D eigenvalue weighted by atomic mass is 10.2. The monoisotopic (exact) mass is 416 g/mol. The van der Waals surface area contributed by atoms with Gasteiger partial charge in [0.15, 0.2) is 0 Å². The maximum Gasteiger partial charge on any atom is 0.276 e. The van der Waals surface area contributed by atoms with Gasteiger partial charge in [-0.3, -0.25) is 14.4 Å². The molecule has 6 nitrogen and oxygen atoms in total. The molecule has 28 heavy (non-hydrogen) atoms. The maximum atomic E-state index is 12.6. The zero-order valence-electron chi connectivity index (χ0n) is 14.6. The highest BCUT2D eigenvalue weighted by molar-refractivity contribution is 7.92. The summed E-state index contributed by atoms with van der Waals surface area (Å²) in [6.07, 6.45) is 0. The lowest BCUT2D eigenvalue weighted by Crippen LogP contribution is -2.25. The number of anilines is 1. The van der Waals surface area contributed by atoms with Crippen LogP contribution in [0.2, 0.25) is 5.02 Å². The minimum atomic E-state index is -3.88. The van der Waals surface area contributed by atoms with E-state index in [9.17, 15) is 13.2 Å². The first-order chi connectivity index (χ1) is 13.5. The number of amides is 1. The van der Waals surface area contributed by atoms with Crippen LogP contribution in [0.25, 0.3) is 0 Å². The lowest BCUT2D eigenvalue weighted by molar-refractivity contribution is 0.0234. The summed E-state index contributed by atoms with van der Waals surface area (Å²) < 4.78 is 27.6. The molecule has 1 amide bonds. The van der Waals surface area contributed by atoms with Gasteiger partial charge in [0.05, 0.1) is 22.8 Å². The highest BCUT2D eigenvalue weighted by Gasteiger charge is 2.18. The fraction of sp³-hybridized carbons (Fsp3) is 0.0500. The number of halogens is 1. The van der Waals surface area contributed by atoms with Gasteiger partial charge < -0.3 is 0 Å². The van der Waals surface area contributed by atoms with Crippen LogP contribution in [0.1, 0.15) is 15.9 Å². The van der Waals surface area contributed by atoms with Crippen molar-refractivity contribution in [1.29, 1.82) is 0 Å². The second kappa shape index (κ2) is 8.88. The van der Waals surface area contributed by atoms with Gasteiger partial charge in [0.25, 0.3) is 15.9 Å². The second-order valence-corrected chi connectivity index (χ2v) is 7.93. The van der Waals surface area contributed by atoms with E-state index in [1.54, 1.807) is 12.1 Å². The summed E-state index contributed by atoms with van der Waals surface area (Å²) in [5.41, 5.74) is 3.49. The van der Waals surface area contributed by atoms with Gasteiger partial charge >= 0.3 is 0 Å². The van der Waals surface area contributed by atoms with Gasteiger partial charge in [-0.05, 0) is 42.0 Å². The molecular formula is C20H17ClN2O4S. The first-order valence-electron chi connectivity index (χ1n) is 8.29. The Morgan fingerprint density at radius 2 is 1.54 bits per heavy atom. The number of hydroxylamine groups is 1. The van der Waals surface area contributed by atoms with E-state index < -0.39 is 15.9 Å². The number of benzene rings is 3. The molecule has 8 heteroatoms. The van der Waals surface area contributed by atoms with Crippen molar-refractivity contribution in [3.63, 3.8) is 0 Å². The molecular weight excluding hydrogens is 400 g/mol. The van der Waals surface area contributed by atoms with Crippen molar-refractivity contribution in [3.05, 3.63) is 95.0 Å². The Morgan fingerprint density at radius 3 is 2.25 bits per heavy atom. The van der Waals surface area contributed by atoms with Crippen LogP contribution in [0.3, 0.4) is 0 Å². The Bertz CT molecular complexity index is 1060. The molecule has 0 heterocycles. The van der Waals surface area contributed by atoms with Crippen LogP contribution in [0.15, 0.2) is 83.8 Å². The highest BCUT2D eigenvalue weighted by Crippen LogP contribution is 2.21. The van der Waals surface area contributed by atoms with E-state index >= 15 is 0 Å². The molecule has 0 atom stereocenters. The smallest absolute Gasteiger partial charge is 0.276 e. The maximum absolute atomic E-state index is 12.6. The molecule has 0 saturated heterocycles. The second-order valence-electron chi connectivity index (χ2n) is 5.81. The first-order valence-corrected chi connectivity index (χ1v) is 10.2. The molecule has 3 aromatic carbocycles. The fourth-order valence-electron chi connectivity index (χ4n) is 2.40. The summed E-state index contributed by atoms with van der Waals surface area (Å²) in [7, 11) is -3.88. The Hall–Kier alpha value is -2.87. The van der Waals surface area contributed by atoms with Crippen LogP contribution < -0.4 is 10.2 Å². The molecule has 0 aromatic heterocycles. The van der Waals surface area contributed by atoms with Crippen LogP contribution in [0.4, 0.5) is 5.69 Å². The molecule has 0 saturated carbocycles. The summed E-state index contributed by atoms with van der Waals surface area (Å²) in [5.74, 6) is -0.565. The highest BCUT2D eigenvalue weighted by atomic mass is 35.5. The van der Waals surface area contributed by atoms with Gasteiger partial charge in [0, 0.05) is 5.02 Å². The zero-order valence-corrected chi connectivity index (χ0v) is 16.2. The summed E-state index contributed by atoms with van der Waals surface area (Å²) in [5, 5.41) is 0.425. The van der Waals surface area contributed by atoms with E-state index in [1.165, 1.54) is 36.4 Å². The number of para-hydroxylation sites is 1. The van der Waals surface area contributed by atoms with Gasteiger partial charge in [0.1, 0.15) is 0 Å². The number of carbonyl (C=O) groups excluding carboxylic acids is 1.